The highest BCUT2D eigenvalue weighted by atomic mass is 127. The van der Waals surface area contributed by atoms with Crippen LogP contribution in [0.2, 0.25) is 0 Å². The van der Waals surface area contributed by atoms with E-state index in [1.807, 2.05) is 12.1 Å². The minimum Gasteiger partial charge on any atom is -0.467 e. The van der Waals surface area contributed by atoms with Gasteiger partial charge in [-0.1, -0.05) is 0 Å². The normalized spacial score (nSPS) is 18.2. The van der Waals surface area contributed by atoms with E-state index in [4.69, 9.17) is 9.15 Å². The molecule has 2 rings (SSSR count). The molecule has 1 aromatic rings. The Bertz CT molecular complexity index is 403. The molecule has 6 nitrogen and oxygen atoms in total. The number of furan rings is 1. The van der Waals surface area contributed by atoms with Gasteiger partial charge >= 0.3 is 0 Å². The minimum atomic E-state index is -0.708. The maximum Gasteiger partial charge on any atom is 0.191 e. The average molecular weight is 395 g/mol. The summed E-state index contributed by atoms with van der Waals surface area (Å²) < 4.78 is 10.5. The number of aliphatic hydroxyl groups is 1. The Labute approximate surface area is 136 Å². The maximum absolute atomic E-state index is 10.3. The zero-order valence-corrected chi connectivity index (χ0v) is 13.9. The van der Waals surface area contributed by atoms with Gasteiger partial charge in [-0.15, -0.1) is 24.0 Å². The van der Waals surface area contributed by atoms with Crippen molar-refractivity contribution < 1.29 is 14.3 Å². The van der Waals surface area contributed by atoms with E-state index in [0.717, 1.165) is 5.76 Å². The first kappa shape index (κ1) is 17.3. The van der Waals surface area contributed by atoms with E-state index in [1.165, 1.54) is 0 Å². The summed E-state index contributed by atoms with van der Waals surface area (Å²) in [6.45, 7) is 2.25. The molecule has 0 aliphatic carbocycles. The summed E-state index contributed by atoms with van der Waals surface area (Å²) in [7, 11) is 1.70. The predicted molar refractivity (Wildman–Crippen MR) is 87.3 cm³/mol. The zero-order chi connectivity index (χ0) is 13.6. The summed E-state index contributed by atoms with van der Waals surface area (Å²) in [6.07, 6.45) is 2.93. The number of ether oxygens (including phenoxy) is 1. The summed E-state index contributed by atoms with van der Waals surface area (Å²) in [4.78, 5) is 4.11. The van der Waals surface area contributed by atoms with Gasteiger partial charge in [0.15, 0.2) is 5.96 Å². The van der Waals surface area contributed by atoms with E-state index in [2.05, 4.69) is 15.6 Å². The van der Waals surface area contributed by atoms with Gasteiger partial charge in [0.1, 0.15) is 5.76 Å². The Morgan fingerprint density at radius 1 is 1.40 bits per heavy atom. The summed E-state index contributed by atoms with van der Waals surface area (Å²) >= 11 is 0. The van der Waals surface area contributed by atoms with Crippen LogP contribution >= 0.6 is 24.0 Å². The van der Waals surface area contributed by atoms with Crippen molar-refractivity contribution in [2.75, 3.05) is 26.8 Å². The molecule has 0 radical (unpaired) electrons. The van der Waals surface area contributed by atoms with Crippen molar-refractivity contribution in [2.24, 2.45) is 4.99 Å². The second kappa shape index (κ2) is 8.48. The van der Waals surface area contributed by atoms with Crippen LogP contribution in [0.5, 0.6) is 0 Å². The molecule has 0 saturated carbocycles. The Morgan fingerprint density at radius 2 is 2.15 bits per heavy atom. The van der Waals surface area contributed by atoms with Gasteiger partial charge in [-0.05, 0) is 12.1 Å². The van der Waals surface area contributed by atoms with E-state index in [0.29, 0.717) is 45.1 Å². The summed E-state index contributed by atoms with van der Waals surface area (Å²) in [6, 6.07) is 3.74. The Hall–Kier alpha value is -0.800. The van der Waals surface area contributed by atoms with Gasteiger partial charge < -0.3 is 24.9 Å². The molecule has 0 bridgehead atoms. The third kappa shape index (κ3) is 5.29. The van der Waals surface area contributed by atoms with Gasteiger partial charge in [0.25, 0.3) is 0 Å². The first-order chi connectivity index (χ1) is 9.22. The highest BCUT2D eigenvalue weighted by Crippen LogP contribution is 2.19. The fourth-order valence-corrected chi connectivity index (χ4v) is 1.98. The molecule has 1 aromatic heterocycles. The van der Waals surface area contributed by atoms with Crippen LogP contribution in [0.4, 0.5) is 0 Å². The number of aliphatic imine (C=N–C) groups is 1. The van der Waals surface area contributed by atoms with Crippen LogP contribution in [0.15, 0.2) is 27.8 Å². The first-order valence-electron chi connectivity index (χ1n) is 6.49. The number of guanidine groups is 1. The summed E-state index contributed by atoms with van der Waals surface area (Å²) in [5.74, 6) is 1.49. The monoisotopic (exact) mass is 395 g/mol. The summed E-state index contributed by atoms with van der Waals surface area (Å²) in [5.41, 5.74) is -0.708. The Morgan fingerprint density at radius 3 is 2.75 bits per heavy atom. The topological polar surface area (TPSA) is 79.0 Å². The number of rotatable bonds is 4. The number of nitrogens with one attached hydrogen (secondary N) is 2. The molecule has 0 amide bonds. The van der Waals surface area contributed by atoms with Crippen molar-refractivity contribution in [1.82, 2.24) is 10.6 Å². The second-order valence-electron chi connectivity index (χ2n) is 4.70. The molecule has 0 aromatic carbocycles. The fraction of sp³-hybridized carbons (Fsp3) is 0.615. The standard InChI is InChI=1S/C13H21N3O3.HI/c1-14-12(15-9-11-3-2-6-19-11)16-10-13(17)4-7-18-8-5-13;/h2-3,6,17H,4-5,7-10H2,1H3,(H2,14,15,16);1H. The van der Waals surface area contributed by atoms with Crippen LogP contribution in [-0.2, 0) is 11.3 Å². The summed E-state index contributed by atoms with van der Waals surface area (Å²) in [5, 5.41) is 16.6. The number of halogens is 1. The van der Waals surface area contributed by atoms with Gasteiger partial charge in [0, 0.05) is 39.6 Å². The molecule has 0 unspecified atom stereocenters. The molecule has 0 spiro atoms. The quantitative estimate of drug-likeness (QED) is 0.405. The van der Waals surface area contributed by atoms with Crippen molar-refractivity contribution in [3.63, 3.8) is 0 Å². The molecule has 2 heterocycles. The molecule has 0 atom stereocenters. The largest absolute Gasteiger partial charge is 0.467 e. The van der Waals surface area contributed by atoms with Gasteiger partial charge in [0.05, 0.1) is 18.4 Å². The van der Waals surface area contributed by atoms with Gasteiger partial charge in [0.2, 0.25) is 0 Å². The van der Waals surface area contributed by atoms with E-state index in [9.17, 15) is 5.11 Å². The molecule has 114 valence electrons. The van der Waals surface area contributed by atoms with E-state index in [-0.39, 0.29) is 24.0 Å². The molecule has 1 aliphatic rings. The van der Waals surface area contributed by atoms with E-state index >= 15 is 0 Å². The van der Waals surface area contributed by atoms with Crippen LogP contribution in [-0.4, -0.2) is 43.5 Å². The second-order valence-corrected chi connectivity index (χ2v) is 4.70. The maximum atomic E-state index is 10.3. The zero-order valence-electron chi connectivity index (χ0n) is 11.6. The number of hydrogen-bond donors (Lipinski definition) is 3. The Kier molecular flexibility index (Phi) is 7.31. The van der Waals surface area contributed by atoms with E-state index < -0.39 is 5.60 Å². The molecule has 1 fully saturated rings. The average Bonchev–Trinajstić information content (AvgIpc) is 2.93. The lowest BCUT2D eigenvalue weighted by molar-refractivity contribution is -0.0594. The molecule has 3 N–H and O–H groups in total. The smallest absolute Gasteiger partial charge is 0.191 e. The van der Waals surface area contributed by atoms with Crippen LogP contribution in [0, 0.1) is 0 Å². The van der Waals surface area contributed by atoms with Gasteiger partial charge in [-0.25, -0.2) is 0 Å². The molecule has 1 saturated heterocycles. The Balaban J connectivity index is 0.00000200. The predicted octanol–water partition coefficient (Wildman–Crippen LogP) is 1.10. The van der Waals surface area contributed by atoms with Gasteiger partial charge in [-0.3, -0.25) is 4.99 Å². The van der Waals surface area contributed by atoms with Crippen LogP contribution in [0.3, 0.4) is 0 Å². The van der Waals surface area contributed by atoms with Crippen molar-refractivity contribution in [3.8, 4) is 0 Å². The third-order valence-electron chi connectivity index (χ3n) is 3.24. The molecule has 1 aliphatic heterocycles. The minimum absolute atomic E-state index is 0. The van der Waals surface area contributed by atoms with Gasteiger partial charge in [-0.2, -0.15) is 0 Å². The molecule has 7 heteroatoms. The van der Waals surface area contributed by atoms with Crippen molar-refractivity contribution in [3.05, 3.63) is 24.2 Å². The van der Waals surface area contributed by atoms with Crippen LogP contribution < -0.4 is 10.6 Å². The number of hydrogen-bond acceptors (Lipinski definition) is 4. The molecular weight excluding hydrogens is 373 g/mol. The number of nitrogens with zero attached hydrogens (tertiary/aromatic N) is 1. The lowest BCUT2D eigenvalue weighted by Crippen LogP contribution is -2.49. The third-order valence-corrected chi connectivity index (χ3v) is 3.24. The van der Waals surface area contributed by atoms with Crippen LogP contribution in [0.25, 0.3) is 0 Å². The van der Waals surface area contributed by atoms with Crippen molar-refractivity contribution in [2.45, 2.75) is 25.0 Å². The highest BCUT2D eigenvalue weighted by Gasteiger charge is 2.29. The lowest BCUT2D eigenvalue weighted by Gasteiger charge is -2.32. The van der Waals surface area contributed by atoms with Crippen molar-refractivity contribution >= 4 is 29.9 Å². The molecule has 20 heavy (non-hydrogen) atoms. The lowest BCUT2D eigenvalue weighted by atomic mass is 9.94. The van der Waals surface area contributed by atoms with E-state index in [1.54, 1.807) is 13.3 Å². The van der Waals surface area contributed by atoms with Crippen molar-refractivity contribution in [1.29, 1.82) is 0 Å². The van der Waals surface area contributed by atoms with Crippen LogP contribution in [0.1, 0.15) is 18.6 Å². The first-order valence-corrected chi connectivity index (χ1v) is 6.49. The fourth-order valence-electron chi connectivity index (χ4n) is 1.98. The highest BCUT2D eigenvalue weighted by molar-refractivity contribution is 14.0. The molecular formula is C13H22IN3O3. The SMILES string of the molecule is CN=C(NCc1ccco1)NCC1(O)CCOCC1.I.